The molecule has 1 heterocycles. The van der Waals surface area contributed by atoms with Gasteiger partial charge in [0, 0.05) is 24.5 Å². The summed E-state index contributed by atoms with van der Waals surface area (Å²) in [5, 5.41) is 0. The van der Waals surface area contributed by atoms with Crippen LogP contribution in [0.3, 0.4) is 0 Å². The summed E-state index contributed by atoms with van der Waals surface area (Å²) < 4.78 is 0. The van der Waals surface area contributed by atoms with E-state index in [4.69, 9.17) is 5.84 Å². The minimum atomic E-state index is -0.0911. The largest absolute Gasteiger partial charge is 0.324 e. The number of benzene rings is 1. The van der Waals surface area contributed by atoms with E-state index in [1.54, 1.807) is 54.7 Å². The number of anilines is 2. The lowest BCUT2D eigenvalue weighted by atomic mass is 10.2. The molecule has 1 aromatic heterocycles. The summed E-state index contributed by atoms with van der Waals surface area (Å²) in [4.78, 5) is 17.7. The predicted molar refractivity (Wildman–Crippen MR) is 71.2 cm³/mol. The molecule has 18 heavy (non-hydrogen) atoms. The van der Waals surface area contributed by atoms with E-state index in [1.165, 1.54) is 0 Å². The third-order valence-electron chi connectivity index (χ3n) is 2.64. The van der Waals surface area contributed by atoms with Gasteiger partial charge in [-0.3, -0.25) is 15.6 Å². The van der Waals surface area contributed by atoms with Crippen molar-refractivity contribution in [2.45, 2.75) is 0 Å². The van der Waals surface area contributed by atoms with Crippen molar-refractivity contribution in [1.82, 2.24) is 4.98 Å². The second kappa shape index (κ2) is 5.29. The number of nitrogens with zero attached hydrogens (tertiary/aromatic N) is 2. The third-order valence-corrected chi connectivity index (χ3v) is 2.64. The highest BCUT2D eigenvalue weighted by molar-refractivity contribution is 6.05. The van der Waals surface area contributed by atoms with E-state index in [9.17, 15) is 4.79 Å². The minimum absolute atomic E-state index is 0.0911. The molecule has 1 amide bonds. The number of carbonyl (C=O) groups is 1. The van der Waals surface area contributed by atoms with Crippen LogP contribution in [0.25, 0.3) is 0 Å². The van der Waals surface area contributed by atoms with Crippen LogP contribution in [0.15, 0.2) is 48.8 Å². The molecule has 0 aliphatic rings. The Balaban J connectivity index is 2.20. The fraction of sp³-hybridized carbons (Fsp3) is 0.0769. The highest BCUT2D eigenvalue weighted by Gasteiger charge is 2.12. The highest BCUT2D eigenvalue weighted by Crippen LogP contribution is 2.15. The number of aromatic nitrogens is 1. The van der Waals surface area contributed by atoms with Gasteiger partial charge in [-0.1, -0.05) is 0 Å². The van der Waals surface area contributed by atoms with Crippen molar-refractivity contribution in [3.8, 4) is 0 Å². The van der Waals surface area contributed by atoms with Gasteiger partial charge in [0.2, 0.25) is 0 Å². The molecule has 0 bridgehead atoms. The van der Waals surface area contributed by atoms with Crippen LogP contribution in [-0.2, 0) is 0 Å². The summed E-state index contributed by atoms with van der Waals surface area (Å²) in [6.07, 6.45) is 3.32. The van der Waals surface area contributed by atoms with Gasteiger partial charge in [0.05, 0.1) is 11.9 Å². The van der Waals surface area contributed by atoms with Crippen LogP contribution in [0.5, 0.6) is 0 Å². The Kier molecular flexibility index (Phi) is 3.54. The number of hydrogen-bond donors (Lipinski definition) is 2. The molecule has 5 nitrogen and oxygen atoms in total. The molecule has 1 aromatic carbocycles. The molecule has 0 saturated carbocycles. The quantitative estimate of drug-likeness (QED) is 0.634. The fourth-order valence-electron chi connectivity index (χ4n) is 1.57. The first-order valence-corrected chi connectivity index (χ1v) is 5.47. The van der Waals surface area contributed by atoms with Crippen molar-refractivity contribution >= 4 is 17.3 Å². The molecule has 0 aliphatic heterocycles. The van der Waals surface area contributed by atoms with Crippen molar-refractivity contribution in [3.63, 3.8) is 0 Å². The van der Waals surface area contributed by atoms with Gasteiger partial charge in [0.15, 0.2) is 0 Å². The number of nitrogens with one attached hydrogen (secondary N) is 1. The minimum Gasteiger partial charge on any atom is -0.324 e. The van der Waals surface area contributed by atoms with Crippen molar-refractivity contribution in [2.24, 2.45) is 5.84 Å². The molecule has 2 rings (SSSR count). The van der Waals surface area contributed by atoms with E-state index in [-0.39, 0.29) is 5.91 Å². The van der Waals surface area contributed by atoms with Gasteiger partial charge in [0.25, 0.3) is 5.91 Å². The molecule has 0 radical (unpaired) electrons. The lowest BCUT2D eigenvalue weighted by Crippen LogP contribution is -2.26. The third kappa shape index (κ3) is 2.46. The number of carbonyl (C=O) groups excluding carboxylic acids is 1. The Labute approximate surface area is 105 Å². The fourth-order valence-corrected chi connectivity index (χ4v) is 1.57. The number of hydrazine groups is 1. The van der Waals surface area contributed by atoms with Gasteiger partial charge in [-0.15, -0.1) is 0 Å². The van der Waals surface area contributed by atoms with Crippen LogP contribution < -0.4 is 16.2 Å². The highest BCUT2D eigenvalue weighted by atomic mass is 16.2. The monoisotopic (exact) mass is 242 g/mol. The summed E-state index contributed by atoms with van der Waals surface area (Å²) in [6, 6.07) is 10.6. The van der Waals surface area contributed by atoms with E-state index in [0.29, 0.717) is 5.56 Å². The molecule has 0 unspecified atom stereocenters. The number of amides is 1. The Morgan fingerprint density at radius 3 is 2.56 bits per heavy atom. The van der Waals surface area contributed by atoms with Crippen LogP contribution in [0.1, 0.15) is 10.4 Å². The zero-order chi connectivity index (χ0) is 13.0. The Bertz CT molecular complexity index is 524. The number of nitrogens with two attached hydrogens (primary N) is 1. The normalized spacial score (nSPS) is 9.89. The summed E-state index contributed by atoms with van der Waals surface area (Å²) >= 11 is 0. The maximum absolute atomic E-state index is 12.2. The van der Waals surface area contributed by atoms with E-state index >= 15 is 0 Å². The molecule has 2 aromatic rings. The zero-order valence-corrected chi connectivity index (χ0v) is 10.00. The van der Waals surface area contributed by atoms with Gasteiger partial charge >= 0.3 is 0 Å². The molecular formula is C13H14N4O. The van der Waals surface area contributed by atoms with E-state index < -0.39 is 0 Å². The average Bonchev–Trinajstić information content (AvgIpc) is 2.47. The summed E-state index contributed by atoms with van der Waals surface area (Å²) in [6.45, 7) is 0. The van der Waals surface area contributed by atoms with Crippen molar-refractivity contribution < 1.29 is 4.79 Å². The van der Waals surface area contributed by atoms with Crippen LogP contribution in [0.2, 0.25) is 0 Å². The smallest absolute Gasteiger partial charge is 0.258 e. The van der Waals surface area contributed by atoms with Crippen LogP contribution >= 0.6 is 0 Å². The maximum atomic E-state index is 12.2. The van der Waals surface area contributed by atoms with Gasteiger partial charge in [-0.25, -0.2) is 0 Å². The first-order valence-electron chi connectivity index (χ1n) is 5.47. The zero-order valence-electron chi connectivity index (χ0n) is 10.00. The Morgan fingerprint density at radius 1 is 1.28 bits per heavy atom. The van der Waals surface area contributed by atoms with Gasteiger partial charge < -0.3 is 10.3 Å². The standard InChI is InChI=1S/C13H14N4O/c1-17(12-3-2-8-15-9-12)13(18)10-4-6-11(16-14)7-5-10/h2-9,16H,14H2,1H3. The lowest BCUT2D eigenvalue weighted by molar-refractivity contribution is 0.0993. The van der Waals surface area contributed by atoms with Crippen molar-refractivity contribution in [2.75, 3.05) is 17.4 Å². The molecule has 3 N–H and O–H groups in total. The number of rotatable bonds is 3. The van der Waals surface area contributed by atoms with E-state index in [0.717, 1.165) is 11.4 Å². The van der Waals surface area contributed by atoms with Gasteiger partial charge in [0.1, 0.15) is 0 Å². The maximum Gasteiger partial charge on any atom is 0.258 e. The summed E-state index contributed by atoms with van der Waals surface area (Å²) in [5.74, 6) is 5.18. The van der Waals surface area contributed by atoms with Gasteiger partial charge in [-0.05, 0) is 36.4 Å². The van der Waals surface area contributed by atoms with Gasteiger partial charge in [-0.2, -0.15) is 0 Å². The molecule has 5 heteroatoms. The van der Waals surface area contributed by atoms with Crippen LogP contribution in [-0.4, -0.2) is 17.9 Å². The second-order valence-electron chi connectivity index (χ2n) is 3.80. The van der Waals surface area contributed by atoms with Crippen molar-refractivity contribution in [3.05, 3.63) is 54.4 Å². The summed E-state index contributed by atoms with van der Waals surface area (Å²) in [5.41, 5.74) is 4.63. The first-order chi connectivity index (χ1) is 8.72. The first kappa shape index (κ1) is 12.1. The predicted octanol–water partition coefficient (Wildman–Crippen LogP) is 1.64. The number of nitrogen functional groups attached to an aromatic ring is 1. The summed E-state index contributed by atoms with van der Waals surface area (Å²) in [7, 11) is 1.72. The molecule has 92 valence electrons. The Morgan fingerprint density at radius 2 is 2.00 bits per heavy atom. The number of hydrogen-bond acceptors (Lipinski definition) is 4. The SMILES string of the molecule is CN(C(=O)c1ccc(NN)cc1)c1cccnc1. The Hall–Kier alpha value is -2.40. The molecule has 0 aliphatic carbocycles. The molecule has 0 saturated heterocycles. The topological polar surface area (TPSA) is 71.2 Å². The molecule has 0 fully saturated rings. The van der Waals surface area contributed by atoms with Crippen LogP contribution in [0.4, 0.5) is 11.4 Å². The van der Waals surface area contributed by atoms with Crippen molar-refractivity contribution in [1.29, 1.82) is 0 Å². The number of pyridine rings is 1. The van der Waals surface area contributed by atoms with Crippen LogP contribution in [0, 0.1) is 0 Å². The average molecular weight is 242 g/mol. The molecular weight excluding hydrogens is 228 g/mol. The molecule has 0 spiro atoms. The molecule has 0 atom stereocenters. The lowest BCUT2D eigenvalue weighted by Gasteiger charge is -2.16. The van der Waals surface area contributed by atoms with E-state index in [2.05, 4.69) is 10.4 Å². The second-order valence-corrected chi connectivity index (χ2v) is 3.80. The van der Waals surface area contributed by atoms with E-state index in [1.807, 2.05) is 6.07 Å².